The SMILES string of the molecule is CCNC1CCCN(c2nccn3nc(C)cc23)C1. The number of piperidine rings is 1. The van der Waals surface area contributed by atoms with E-state index in [-0.39, 0.29) is 0 Å². The molecule has 5 nitrogen and oxygen atoms in total. The van der Waals surface area contributed by atoms with E-state index in [0.29, 0.717) is 6.04 Å². The van der Waals surface area contributed by atoms with Gasteiger partial charge in [0.1, 0.15) is 5.52 Å². The van der Waals surface area contributed by atoms with Gasteiger partial charge in [-0.25, -0.2) is 9.50 Å². The monoisotopic (exact) mass is 259 g/mol. The smallest absolute Gasteiger partial charge is 0.154 e. The van der Waals surface area contributed by atoms with Gasteiger partial charge in [0.05, 0.1) is 5.69 Å². The summed E-state index contributed by atoms with van der Waals surface area (Å²) < 4.78 is 1.93. The predicted molar refractivity (Wildman–Crippen MR) is 76.6 cm³/mol. The maximum Gasteiger partial charge on any atom is 0.154 e. The van der Waals surface area contributed by atoms with Gasteiger partial charge < -0.3 is 10.2 Å². The van der Waals surface area contributed by atoms with Gasteiger partial charge in [-0.15, -0.1) is 0 Å². The second kappa shape index (κ2) is 5.17. The van der Waals surface area contributed by atoms with Crippen molar-refractivity contribution in [3.8, 4) is 0 Å². The maximum absolute atomic E-state index is 4.58. The van der Waals surface area contributed by atoms with Crippen molar-refractivity contribution in [2.45, 2.75) is 32.7 Å². The average molecular weight is 259 g/mol. The zero-order chi connectivity index (χ0) is 13.2. The Bertz CT molecular complexity index is 560. The van der Waals surface area contributed by atoms with Gasteiger partial charge in [0.2, 0.25) is 0 Å². The van der Waals surface area contributed by atoms with Crippen LogP contribution in [0.2, 0.25) is 0 Å². The van der Waals surface area contributed by atoms with Gasteiger partial charge in [0.25, 0.3) is 0 Å². The van der Waals surface area contributed by atoms with Crippen molar-refractivity contribution in [1.29, 1.82) is 0 Å². The van der Waals surface area contributed by atoms with E-state index in [4.69, 9.17) is 0 Å². The molecule has 19 heavy (non-hydrogen) atoms. The number of aromatic nitrogens is 3. The quantitative estimate of drug-likeness (QED) is 0.909. The van der Waals surface area contributed by atoms with Crippen LogP contribution in [0.15, 0.2) is 18.5 Å². The van der Waals surface area contributed by atoms with Crippen molar-refractivity contribution in [2.24, 2.45) is 0 Å². The molecule has 102 valence electrons. The molecule has 0 amide bonds. The molecule has 0 aromatic carbocycles. The van der Waals surface area contributed by atoms with Crippen LogP contribution in [-0.4, -0.2) is 40.3 Å². The van der Waals surface area contributed by atoms with E-state index in [1.807, 2.05) is 23.8 Å². The lowest BCUT2D eigenvalue weighted by atomic mass is 10.1. The molecule has 0 radical (unpaired) electrons. The first kappa shape index (κ1) is 12.4. The number of nitrogens with zero attached hydrogens (tertiary/aromatic N) is 4. The van der Waals surface area contributed by atoms with Crippen LogP contribution in [0.25, 0.3) is 5.52 Å². The molecule has 3 rings (SSSR count). The highest BCUT2D eigenvalue weighted by Crippen LogP contribution is 2.23. The number of hydrogen-bond donors (Lipinski definition) is 1. The summed E-state index contributed by atoms with van der Waals surface area (Å²) in [7, 11) is 0. The minimum Gasteiger partial charge on any atom is -0.353 e. The van der Waals surface area contributed by atoms with E-state index in [1.54, 1.807) is 0 Å². The number of hydrogen-bond acceptors (Lipinski definition) is 4. The van der Waals surface area contributed by atoms with Gasteiger partial charge in [0, 0.05) is 31.5 Å². The van der Waals surface area contributed by atoms with Crippen molar-refractivity contribution in [3.63, 3.8) is 0 Å². The number of anilines is 1. The Morgan fingerprint density at radius 2 is 2.37 bits per heavy atom. The lowest BCUT2D eigenvalue weighted by Crippen LogP contribution is -2.46. The molecular weight excluding hydrogens is 238 g/mol. The zero-order valence-electron chi connectivity index (χ0n) is 11.6. The number of rotatable bonds is 3. The van der Waals surface area contributed by atoms with Crippen molar-refractivity contribution < 1.29 is 0 Å². The summed E-state index contributed by atoms with van der Waals surface area (Å²) in [6.45, 7) is 7.33. The summed E-state index contributed by atoms with van der Waals surface area (Å²) >= 11 is 0. The number of fused-ring (bicyclic) bond motifs is 1. The van der Waals surface area contributed by atoms with Gasteiger partial charge in [-0.05, 0) is 32.4 Å². The lowest BCUT2D eigenvalue weighted by Gasteiger charge is -2.34. The van der Waals surface area contributed by atoms with E-state index in [2.05, 4.69) is 33.3 Å². The van der Waals surface area contributed by atoms with Gasteiger partial charge in [-0.3, -0.25) is 0 Å². The van der Waals surface area contributed by atoms with E-state index in [0.717, 1.165) is 36.7 Å². The summed E-state index contributed by atoms with van der Waals surface area (Å²) in [6.07, 6.45) is 6.22. The van der Waals surface area contributed by atoms with Gasteiger partial charge >= 0.3 is 0 Å². The van der Waals surface area contributed by atoms with Crippen molar-refractivity contribution in [2.75, 3.05) is 24.5 Å². The minimum absolute atomic E-state index is 0.574. The van der Waals surface area contributed by atoms with Crippen LogP contribution in [0, 0.1) is 6.92 Å². The molecule has 0 saturated carbocycles. The Morgan fingerprint density at radius 1 is 1.47 bits per heavy atom. The Labute approximate surface area is 113 Å². The summed E-state index contributed by atoms with van der Waals surface area (Å²) in [4.78, 5) is 6.96. The third-order valence-electron chi connectivity index (χ3n) is 3.71. The molecule has 5 heteroatoms. The molecule has 1 unspecified atom stereocenters. The van der Waals surface area contributed by atoms with E-state index < -0.39 is 0 Å². The first-order valence-electron chi connectivity index (χ1n) is 7.07. The average Bonchev–Trinajstić information content (AvgIpc) is 2.79. The van der Waals surface area contributed by atoms with Crippen LogP contribution in [0.1, 0.15) is 25.5 Å². The number of likely N-dealkylation sites (N-methyl/N-ethyl adjacent to an activating group) is 1. The molecule has 1 N–H and O–H groups in total. The third-order valence-corrected chi connectivity index (χ3v) is 3.71. The number of nitrogens with one attached hydrogen (secondary N) is 1. The normalized spacial score (nSPS) is 20.1. The van der Waals surface area contributed by atoms with Crippen LogP contribution in [0.4, 0.5) is 5.82 Å². The highest BCUT2D eigenvalue weighted by atomic mass is 15.3. The van der Waals surface area contributed by atoms with Crippen molar-refractivity contribution >= 4 is 11.3 Å². The molecule has 1 atom stereocenters. The second-order valence-electron chi connectivity index (χ2n) is 5.21. The largest absolute Gasteiger partial charge is 0.353 e. The predicted octanol–water partition coefficient (Wildman–Crippen LogP) is 1.62. The second-order valence-corrected chi connectivity index (χ2v) is 5.21. The van der Waals surface area contributed by atoms with E-state index in [9.17, 15) is 0 Å². The number of aryl methyl sites for hydroxylation is 1. The molecule has 0 spiro atoms. The molecular formula is C14H21N5. The van der Waals surface area contributed by atoms with Crippen LogP contribution in [0.5, 0.6) is 0 Å². The summed E-state index contributed by atoms with van der Waals surface area (Å²) in [6, 6.07) is 2.68. The minimum atomic E-state index is 0.574. The first-order chi connectivity index (χ1) is 9.28. The molecule has 3 heterocycles. The van der Waals surface area contributed by atoms with Crippen LogP contribution in [-0.2, 0) is 0 Å². The molecule has 2 aromatic heterocycles. The standard InChI is InChI=1S/C14H21N5/c1-3-15-12-5-4-7-18(10-12)14-13-9-11(2)17-19(13)8-6-16-14/h6,8-9,12,15H,3-5,7,10H2,1-2H3. The van der Waals surface area contributed by atoms with Crippen LogP contribution >= 0.6 is 0 Å². The highest BCUT2D eigenvalue weighted by molar-refractivity contribution is 5.69. The molecule has 1 fully saturated rings. The molecule has 0 aliphatic carbocycles. The van der Waals surface area contributed by atoms with Gasteiger partial charge in [-0.1, -0.05) is 6.92 Å². The fraction of sp³-hybridized carbons (Fsp3) is 0.571. The van der Waals surface area contributed by atoms with E-state index in [1.165, 1.54) is 12.8 Å². The lowest BCUT2D eigenvalue weighted by molar-refractivity contribution is 0.430. The Morgan fingerprint density at radius 3 is 3.21 bits per heavy atom. The van der Waals surface area contributed by atoms with Crippen LogP contribution < -0.4 is 10.2 Å². The maximum atomic E-state index is 4.58. The summed E-state index contributed by atoms with van der Waals surface area (Å²) in [5.41, 5.74) is 2.15. The molecule has 0 bridgehead atoms. The fourth-order valence-corrected chi connectivity index (χ4v) is 2.90. The highest BCUT2D eigenvalue weighted by Gasteiger charge is 2.22. The topological polar surface area (TPSA) is 45.5 Å². The van der Waals surface area contributed by atoms with Crippen molar-refractivity contribution in [1.82, 2.24) is 19.9 Å². The third kappa shape index (κ3) is 2.42. The van der Waals surface area contributed by atoms with Gasteiger partial charge in [-0.2, -0.15) is 5.10 Å². The summed E-state index contributed by atoms with van der Waals surface area (Å²) in [5, 5.41) is 8.00. The molecule has 1 aliphatic heterocycles. The Kier molecular flexibility index (Phi) is 3.38. The van der Waals surface area contributed by atoms with Crippen LogP contribution in [0.3, 0.4) is 0 Å². The summed E-state index contributed by atoms with van der Waals surface area (Å²) in [5.74, 6) is 1.06. The van der Waals surface area contributed by atoms with Gasteiger partial charge in [0.15, 0.2) is 5.82 Å². The molecule has 1 aliphatic rings. The Hall–Kier alpha value is -1.62. The molecule has 2 aromatic rings. The Balaban J connectivity index is 1.90. The zero-order valence-corrected chi connectivity index (χ0v) is 11.6. The van der Waals surface area contributed by atoms with Crippen molar-refractivity contribution in [3.05, 3.63) is 24.2 Å². The molecule has 1 saturated heterocycles. The fourth-order valence-electron chi connectivity index (χ4n) is 2.90. The van der Waals surface area contributed by atoms with E-state index >= 15 is 0 Å². The first-order valence-corrected chi connectivity index (χ1v) is 7.07.